The highest BCUT2D eigenvalue weighted by Gasteiger charge is 2.25. The molecule has 4 aromatic rings. The zero-order chi connectivity index (χ0) is 17.4. The van der Waals surface area contributed by atoms with Crippen LogP contribution in [0.1, 0.15) is 21.9 Å². The maximum atomic E-state index is 12.6. The summed E-state index contributed by atoms with van der Waals surface area (Å²) in [5.41, 5.74) is 7.68. The monoisotopic (exact) mass is 337 g/mol. The van der Waals surface area contributed by atoms with Crippen molar-refractivity contribution in [3.8, 4) is 11.3 Å². The third kappa shape index (κ3) is 2.65. The van der Waals surface area contributed by atoms with Gasteiger partial charge in [-0.3, -0.25) is 4.79 Å². The van der Waals surface area contributed by atoms with Crippen molar-refractivity contribution in [3.05, 3.63) is 59.7 Å². The van der Waals surface area contributed by atoms with Crippen LogP contribution in [-0.2, 0) is 6.54 Å². The Kier molecular flexibility index (Phi) is 3.53. The van der Waals surface area contributed by atoms with E-state index in [1.165, 1.54) is 6.26 Å². The van der Waals surface area contributed by atoms with E-state index < -0.39 is 5.91 Å². The predicted octanol–water partition coefficient (Wildman–Crippen LogP) is 3.50. The third-order valence-electron chi connectivity index (χ3n) is 3.90. The number of furan rings is 2. The number of amides is 1. The summed E-state index contributed by atoms with van der Waals surface area (Å²) in [6, 6.07) is 11.1. The number of nitrogens with zero attached hydrogens (tertiary/aromatic N) is 1. The van der Waals surface area contributed by atoms with Gasteiger partial charge >= 0.3 is 0 Å². The molecule has 3 heterocycles. The molecule has 0 fully saturated rings. The van der Waals surface area contributed by atoms with Crippen LogP contribution >= 0.6 is 0 Å². The van der Waals surface area contributed by atoms with Gasteiger partial charge in [-0.1, -0.05) is 23.4 Å². The third-order valence-corrected chi connectivity index (χ3v) is 3.90. The van der Waals surface area contributed by atoms with Gasteiger partial charge in [-0.25, -0.2) is 0 Å². The molecule has 0 spiro atoms. The van der Waals surface area contributed by atoms with Crippen molar-refractivity contribution in [1.82, 2.24) is 10.5 Å². The number of hydrogen-bond acceptors (Lipinski definition) is 6. The molecule has 7 heteroatoms. The molecule has 4 rings (SSSR count). The number of carbonyl (C=O) groups excluding carboxylic acids is 1. The molecule has 0 saturated heterocycles. The first-order valence-corrected chi connectivity index (χ1v) is 7.68. The number of nitrogens with one attached hydrogen (secondary N) is 1. The van der Waals surface area contributed by atoms with Crippen LogP contribution in [0.5, 0.6) is 0 Å². The molecule has 25 heavy (non-hydrogen) atoms. The summed E-state index contributed by atoms with van der Waals surface area (Å²) in [6.45, 7) is 2.08. The van der Waals surface area contributed by atoms with Crippen molar-refractivity contribution in [2.24, 2.45) is 0 Å². The lowest BCUT2D eigenvalue weighted by atomic mass is 10.1. The number of aromatic nitrogens is 1. The number of para-hydroxylation sites is 1. The number of anilines is 1. The largest absolute Gasteiger partial charge is 0.465 e. The van der Waals surface area contributed by atoms with E-state index in [0.717, 1.165) is 11.1 Å². The quantitative estimate of drug-likeness (QED) is 0.590. The molecule has 3 aromatic heterocycles. The van der Waals surface area contributed by atoms with Gasteiger partial charge in [-0.2, -0.15) is 0 Å². The first-order chi connectivity index (χ1) is 12.1. The van der Waals surface area contributed by atoms with Crippen LogP contribution in [0.2, 0.25) is 0 Å². The minimum absolute atomic E-state index is 0.0478. The molecule has 0 radical (unpaired) electrons. The molecule has 0 bridgehead atoms. The zero-order valence-corrected chi connectivity index (χ0v) is 13.4. The van der Waals surface area contributed by atoms with E-state index in [1.54, 1.807) is 6.07 Å². The van der Waals surface area contributed by atoms with Crippen molar-refractivity contribution >= 4 is 22.8 Å². The normalized spacial score (nSPS) is 11.1. The second-order valence-electron chi connectivity index (χ2n) is 5.61. The van der Waals surface area contributed by atoms with Crippen LogP contribution < -0.4 is 11.1 Å². The molecular weight excluding hydrogens is 322 g/mol. The predicted molar refractivity (Wildman–Crippen MR) is 90.7 cm³/mol. The SMILES string of the molecule is Cc1ccc(CNC(=O)c2c(-c3coc4ccccc34)noc2N)o1. The van der Waals surface area contributed by atoms with E-state index in [4.69, 9.17) is 19.1 Å². The van der Waals surface area contributed by atoms with Crippen molar-refractivity contribution in [3.63, 3.8) is 0 Å². The van der Waals surface area contributed by atoms with E-state index in [2.05, 4.69) is 10.5 Å². The smallest absolute Gasteiger partial charge is 0.259 e. The first-order valence-electron chi connectivity index (χ1n) is 7.68. The van der Waals surface area contributed by atoms with E-state index >= 15 is 0 Å². The van der Waals surface area contributed by atoms with Gasteiger partial charge < -0.3 is 24.4 Å². The zero-order valence-electron chi connectivity index (χ0n) is 13.4. The molecule has 0 aliphatic rings. The fraction of sp³-hybridized carbons (Fsp3) is 0.111. The Bertz CT molecular complexity index is 1060. The van der Waals surface area contributed by atoms with Crippen molar-refractivity contribution in [2.75, 3.05) is 5.73 Å². The Morgan fingerprint density at radius 2 is 2.08 bits per heavy atom. The van der Waals surface area contributed by atoms with Gasteiger partial charge in [0.05, 0.1) is 12.1 Å². The minimum Gasteiger partial charge on any atom is -0.465 e. The van der Waals surface area contributed by atoms with Gasteiger partial charge in [0.15, 0.2) is 0 Å². The molecular formula is C18H15N3O4. The summed E-state index contributed by atoms with van der Waals surface area (Å²) < 4.78 is 16.0. The number of benzene rings is 1. The minimum atomic E-state index is -0.395. The number of nitrogen functional groups attached to an aromatic ring is 1. The summed E-state index contributed by atoms with van der Waals surface area (Å²) in [7, 11) is 0. The highest BCUT2D eigenvalue weighted by atomic mass is 16.5. The van der Waals surface area contributed by atoms with Gasteiger partial charge in [0.1, 0.15) is 34.6 Å². The van der Waals surface area contributed by atoms with Gasteiger partial charge in [0.2, 0.25) is 5.88 Å². The van der Waals surface area contributed by atoms with E-state index in [-0.39, 0.29) is 18.0 Å². The molecule has 3 N–H and O–H groups in total. The van der Waals surface area contributed by atoms with Crippen LogP contribution in [0.4, 0.5) is 5.88 Å². The van der Waals surface area contributed by atoms with Gasteiger partial charge in [0, 0.05) is 5.39 Å². The summed E-state index contributed by atoms with van der Waals surface area (Å²) in [5.74, 6) is 0.983. The van der Waals surface area contributed by atoms with E-state index in [9.17, 15) is 4.79 Å². The highest BCUT2D eigenvalue weighted by molar-refractivity contribution is 6.06. The lowest BCUT2D eigenvalue weighted by molar-refractivity contribution is 0.0949. The molecule has 0 unspecified atom stereocenters. The molecule has 0 atom stereocenters. The fourth-order valence-electron chi connectivity index (χ4n) is 2.70. The average Bonchev–Trinajstić information content (AvgIpc) is 3.31. The molecule has 1 aromatic carbocycles. The van der Waals surface area contributed by atoms with Crippen molar-refractivity contribution < 1.29 is 18.2 Å². The molecule has 1 amide bonds. The average molecular weight is 337 g/mol. The van der Waals surface area contributed by atoms with Crippen LogP contribution in [0.15, 0.2) is 56.0 Å². The topological polar surface area (TPSA) is 107 Å². The summed E-state index contributed by atoms with van der Waals surface area (Å²) in [4.78, 5) is 12.6. The molecule has 7 nitrogen and oxygen atoms in total. The second kappa shape index (κ2) is 5.86. The standard InChI is InChI=1S/C18H15N3O4/c1-10-6-7-11(24-10)8-20-18(22)15-16(21-25-17(15)19)13-9-23-14-5-3-2-4-12(13)14/h2-7,9H,8,19H2,1H3,(H,20,22). The Hall–Kier alpha value is -3.48. The number of hydrogen-bond donors (Lipinski definition) is 2. The molecule has 126 valence electrons. The summed E-state index contributed by atoms with van der Waals surface area (Å²) in [5, 5.41) is 7.53. The maximum absolute atomic E-state index is 12.6. The Balaban J connectivity index is 1.66. The van der Waals surface area contributed by atoms with Gasteiger partial charge in [-0.15, -0.1) is 0 Å². The molecule has 0 aliphatic heterocycles. The highest BCUT2D eigenvalue weighted by Crippen LogP contribution is 2.34. The lowest BCUT2D eigenvalue weighted by Gasteiger charge is -2.03. The number of nitrogens with two attached hydrogens (primary N) is 1. The van der Waals surface area contributed by atoms with E-state index in [0.29, 0.717) is 22.6 Å². The fourth-order valence-corrected chi connectivity index (χ4v) is 2.70. The Labute approximate surface area is 142 Å². The summed E-state index contributed by atoms with van der Waals surface area (Å²) in [6.07, 6.45) is 1.54. The summed E-state index contributed by atoms with van der Waals surface area (Å²) >= 11 is 0. The van der Waals surface area contributed by atoms with Crippen molar-refractivity contribution in [1.29, 1.82) is 0 Å². The first kappa shape index (κ1) is 15.1. The Morgan fingerprint density at radius 3 is 2.88 bits per heavy atom. The second-order valence-corrected chi connectivity index (χ2v) is 5.61. The van der Waals surface area contributed by atoms with Crippen molar-refractivity contribution in [2.45, 2.75) is 13.5 Å². The van der Waals surface area contributed by atoms with E-state index in [1.807, 2.05) is 37.3 Å². The van der Waals surface area contributed by atoms with Gasteiger partial charge in [-0.05, 0) is 25.1 Å². The number of fused-ring (bicyclic) bond motifs is 1. The lowest BCUT2D eigenvalue weighted by Crippen LogP contribution is -2.23. The van der Waals surface area contributed by atoms with Crippen LogP contribution in [0, 0.1) is 6.92 Å². The molecule has 0 saturated carbocycles. The van der Waals surface area contributed by atoms with Gasteiger partial charge in [0.25, 0.3) is 5.91 Å². The Morgan fingerprint density at radius 1 is 1.24 bits per heavy atom. The number of carbonyl (C=O) groups is 1. The van der Waals surface area contributed by atoms with Crippen LogP contribution in [0.3, 0.4) is 0 Å². The van der Waals surface area contributed by atoms with Crippen LogP contribution in [0.25, 0.3) is 22.2 Å². The number of aryl methyl sites for hydroxylation is 1. The van der Waals surface area contributed by atoms with Crippen LogP contribution in [-0.4, -0.2) is 11.1 Å². The maximum Gasteiger partial charge on any atom is 0.259 e. The number of rotatable bonds is 4. The molecule has 0 aliphatic carbocycles.